The van der Waals surface area contributed by atoms with Crippen LogP contribution < -0.4 is 4.74 Å². The van der Waals surface area contributed by atoms with Crippen molar-refractivity contribution in [1.29, 1.82) is 0 Å². The SMILES string of the molecule is CCOC(=O)C[C@@H](c1cc(Br)cc(OC(F)(F)F)c1)N(Cc1ccccc1)[C@H](C)c1ccccc1. The molecule has 3 aromatic carbocycles. The van der Waals surface area contributed by atoms with Crippen LogP contribution in [0.1, 0.15) is 49.0 Å². The number of carbonyl (C=O) groups is 1. The number of hydrogen-bond donors (Lipinski definition) is 0. The maximum absolute atomic E-state index is 13.0. The first kappa shape index (κ1) is 26.8. The van der Waals surface area contributed by atoms with E-state index in [-0.39, 0.29) is 24.8 Å². The Morgan fingerprint density at radius 3 is 2.20 bits per heavy atom. The fraction of sp³-hybridized carbons (Fsp3) is 0.296. The fourth-order valence-corrected chi connectivity index (χ4v) is 4.50. The van der Waals surface area contributed by atoms with Crippen molar-refractivity contribution in [2.24, 2.45) is 0 Å². The molecule has 3 rings (SSSR count). The lowest BCUT2D eigenvalue weighted by molar-refractivity contribution is -0.274. The van der Waals surface area contributed by atoms with E-state index in [4.69, 9.17) is 4.74 Å². The van der Waals surface area contributed by atoms with E-state index in [1.165, 1.54) is 12.1 Å². The Kier molecular flexibility index (Phi) is 9.34. The molecular formula is C27H27BrF3NO3. The van der Waals surface area contributed by atoms with Crippen molar-refractivity contribution in [1.82, 2.24) is 4.90 Å². The van der Waals surface area contributed by atoms with Gasteiger partial charge in [0.15, 0.2) is 0 Å². The highest BCUT2D eigenvalue weighted by molar-refractivity contribution is 9.10. The molecule has 8 heteroatoms. The largest absolute Gasteiger partial charge is 0.573 e. The molecule has 0 fully saturated rings. The Morgan fingerprint density at radius 2 is 1.60 bits per heavy atom. The van der Waals surface area contributed by atoms with Gasteiger partial charge >= 0.3 is 12.3 Å². The number of ether oxygens (including phenoxy) is 2. The third kappa shape index (κ3) is 8.11. The van der Waals surface area contributed by atoms with Crippen LogP contribution in [0.25, 0.3) is 0 Å². The summed E-state index contributed by atoms with van der Waals surface area (Å²) < 4.78 is 48.8. The van der Waals surface area contributed by atoms with E-state index in [2.05, 4.69) is 25.6 Å². The first-order valence-corrected chi connectivity index (χ1v) is 12.0. The maximum atomic E-state index is 13.0. The highest BCUT2D eigenvalue weighted by Crippen LogP contribution is 2.38. The van der Waals surface area contributed by atoms with E-state index < -0.39 is 18.4 Å². The lowest BCUT2D eigenvalue weighted by Gasteiger charge is -2.37. The molecule has 4 nitrogen and oxygen atoms in total. The van der Waals surface area contributed by atoms with Crippen LogP contribution in [-0.2, 0) is 16.1 Å². The van der Waals surface area contributed by atoms with Crippen molar-refractivity contribution in [2.45, 2.75) is 45.3 Å². The minimum Gasteiger partial charge on any atom is -0.466 e. The van der Waals surface area contributed by atoms with E-state index in [1.54, 1.807) is 13.0 Å². The Morgan fingerprint density at radius 1 is 0.971 bits per heavy atom. The summed E-state index contributed by atoms with van der Waals surface area (Å²) in [4.78, 5) is 14.8. The predicted molar refractivity (Wildman–Crippen MR) is 132 cm³/mol. The topological polar surface area (TPSA) is 38.8 Å². The number of halogens is 4. The summed E-state index contributed by atoms with van der Waals surface area (Å²) in [6.07, 6.45) is -4.88. The first-order chi connectivity index (χ1) is 16.7. The molecule has 0 amide bonds. The van der Waals surface area contributed by atoms with Crippen LogP contribution in [0.2, 0.25) is 0 Å². The average Bonchev–Trinajstić information content (AvgIpc) is 2.81. The van der Waals surface area contributed by atoms with E-state index in [1.807, 2.05) is 67.6 Å². The second-order valence-corrected chi connectivity index (χ2v) is 8.95. The smallest absolute Gasteiger partial charge is 0.466 e. The van der Waals surface area contributed by atoms with E-state index in [0.717, 1.165) is 11.1 Å². The van der Waals surface area contributed by atoms with Crippen LogP contribution in [-0.4, -0.2) is 23.8 Å². The quantitative estimate of drug-likeness (QED) is 0.244. The van der Waals surface area contributed by atoms with Gasteiger partial charge in [0, 0.05) is 23.1 Å². The van der Waals surface area contributed by atoms with Gasteiger partial charge in [0.1, 0.15) is 5.75 Å². The van der Waals surface area contributed by atoms with Crippen LogP contribution in [0, 0.1) is 0 Å². The van der Waals surface area contributed by atoms with Gasteiger partial charge in [-0.25, -0.2) is 0 Å². The van der Waals surface area contributed by atoms with Crippen LogP contribution >= 0.6 is 15.9 Å². The van der Waals surface area contributed by atoms with E-state index >= 15 is 0 Å². The zero-order chi connectivity index (χ0) is 25.4. The number of rotatable bonds is 10. The number of alkyl halides is 3. The number of benzene rings is 3. The lowest BCUT2D eigenvalue weighted by Crippen LogP contribution is -2.33. The van der Waals surface area contributed by atoms with Gasteiger partial charge in [0.25, 0.3) is 0 Å². The number of nitrogens with zero attached hydrogens (tertiary/aromatic N) is 1. The fourth-order valence-electron chi connectivity index (χ4n) is 4.01. The molecular weight excluding hydrogens is 523 g/mol. The maximum Gasteiger partial charge on any atom is 0.573 e. The molecule has 0 aliphatic carbocycles. The van der Waals surface area contributed by atoms with Crippen molar-refractivity contribution in [3.05, 3.63) is 100 Å². The molecule has 0 saturated carbocycles. The van der Waals surface area contributed by atoms with Gasteiger partial charge in [-0.05, 0) is 48.7 Å². The predicted octanol–water partition coefficient (Wildman–Crippen LogP) is 7.61. The van der Waals surface area contributed by atoms with Crippen molar-refractivity contribution in [3.63, 3.8) is 0 Å². The molecule has 0 aliphatic heterocycles. The molecule has 0 heterocycles. The third-order valence-corrected chi connectivity index (χ3v) is 6.02. The van der Waals surface area contributed by atoms with Gasteiger partial charge in [-0.2, -0.15) is 0 Å². The molecule has 0 unspecified atom stereocenters. The molecule has 0 aromatic heterocycles. The van der Waals surface area contributed by atoms with Gasteiger partial charge in [0.05, 0.1) is 13.0 Å². The van der Waals surface area contributed by atoms with Crippen molar-refractivity contribution < 1.29 is 27.4 Å². The average molecular weight is 550 g/mol. The summed E-state index contributed by atoms with van der Waals surface area (Å²) in [7, 11) is 0. The Labute approximate surface area is 211 Å². The monoisotopic (exact) mass is 549 g/mol. The number of carbonyl (C=O) groups excluding carboxylic acids is 1. The number of esters is 1. The van der Waals surface area contributed by atoms with E-state index in [9.17, 15) is 18.0 Å². The van der Waals surface area contributed by atoms with Crippen molar-refractivity contribution in [2.75, 3.05) is 6.61 Å². The van der Waals surface area contributed by atoms with Crippen molar-refractivity contribution in [3.8, 4) is 5.75 Å². The van der Waals surface area contributed by atoms with Crippen molar-refractivity contribution >= 4 is 21.9 Å². The molecule has 0 saturated heterocycles. The zero-order valence-corrected chi connectivity index (χ0v) is 21.1. The van der Waals surface area contributed by atoms with Gasteiger partial charge in [-0.3, -0.25) is 9.69 Å². The summed E-state index contributed by atoms with van der Waals surface area (Å²) in [6, 6.07) is 23.0. The summed E-state index contributed by atoms with van der Waals surface area (Å²) in [5.74, 6) is -0.795. The summed E-state index contributed by atoms with van der Waals surface area (Å²) >= 11 is 3.30. The summed E-state index contributed by atoms with van der Waals surface area (Å²) in [6.45, 7) is 4.40. The Hall–Kier alpha value is -2.84. The summed E-state index contributed by atoms with van der Waals surface area (Å²) in [5.41, 5.74) is 2.52. The lowest BCUT2D eigenvalue weighted by atomic mass is 9.96. The van der Waals surface area contributed by atoms with Gasteiger partial charge < -0.3 is 9.47 Å². The second-order valence-electron chi connectivity index (χ2n) is 8.04. The molecule has 186 valence electrons. The third-order valence-electron chi connectivity index (χ3n) is 5.57. The molecule has 0 N–H and O–H groups in total. The van der Waals surface area contributed by atoms with Crippen LogP contribution in [0.3, 0.4) is 0 Å². The molecule has 0 spiro atoms. The molecule has 35 heavy (non-hydrogen) atoms. The molecule has 0 bridgehead atoms. The number of hydrogen-bond acceptors (Lipinski definition) is 4. The van der Waals surface area contributed by atoms with E-state index in [0.29, 0.717) is 16.6 Å². The Balaban J connectivity index is 2.10. The molecule has 2 atom stereocenters. The van der Waals surface area contributed by atoms with Crippen LogP contribution in [0.4, 0.5) is 13.2 Å². The van der Waals surface area contributed by atoms with Gasteiger partial charge in [-0.1, -0.05) is 76.6 Å². The zero-order valence-electron chi connectivity index (χ0n) is 19.5. The first-order valence-electron chi connectivity index (χ1n) is 11.2. The highest BCUT2D eigenvalue weighted by Gasteiger charge is 2.33. The molecule has 0 radical (unpaired) electrons. The minimum atomic E-state index is -4.84. The molecule has 3 aromatic rings. The Bertz CT molecular complexity index is 1090. The second kappa shape index (κ2) is 12.2. The van der Waals surface area contributed by atoms with Crippen LogP contribution in [0.15, 0.2) is 83.3 Å². The van der Waals surface area contributed by atoms with Gasteiger partial charge in [-0.15, -0.1) is 13.2 Å². The standard InChI is InChI=1S/C27H27BrF3NO3/c1-3-34-26(33)17-25(22-14-23(28)16-24(15-22)35-27(29,30)31)32(18-20-10-6-4-7-11-20)19(2)21-12-8-5-9-13-21/h4-16,19,25H,3,17-18H2,1-2H3/t19-,25+/m1/s1. The highest BCUT2D eigenvalue weighted by atomic mass is 79.9. The summed E-state index contributed by atoms with van der Waals surface area (Å²) in [5, 5.41) is 0. The van der Waals surface area contributed by atoms with Gasteiger partial charge in [0.2, 0.25) is 0 Å². The molecule has 0 aliphatic rings. The minimum absolute atomic E-state index is 0.0419. The normalized spacial score (nSPS) is 13.3. The van der Waals surface area contributed by atoms with Crippen LogP contribution in [0.5, 0.6) is 5.75 Å².